The molecule has 2 amide bonds. The summed E-state index contributed by atoms with van der Waals surface area (Å²) in [6.45, 7) is 0. The number of nitrogens with zero attached hydrogens (tertiary/aromatic N) is 1. The summed E-state index contributed by atoms with van der Waals surface area (Å²) in [5, 5.41) is 5.29. The molecule has 32 heavy (non-hydrogen) atoms. The number of primary amides is 1. The molecule has 166 valence electrons. The summed E-state index contributed by atoms with van der Waals surface area (Å²) in [5.74, 6) is -0.832. The average Bonchev–Trinajstić information content (AvgIpc) is 2.75. The van der Waals surface area contributed by atoms with E-state index in [2.05, 4.69) is 31.5 Å². The molecule has 1 heterocycles. The van der Waals surface area contributed by atoms with E-state index in [4.69, 9.17) is 10.5 Å². The first-order valence-corrected chi connectivity index (χ1v) is 9.81. The van der Waals surface area contributed by atoms with Crippen LogP contribution in [0.4, 0.5) is 24.5 Å². The van der Waals surface area contributed by atoms with E-state index >= 15 is 0 Å². The first-order valence-electron chi connectivity index (χ1n) is 9.02. The molecule has 0 saturated carbocycles. The normalized spacial score (nSPS) is 11.0. The van der Waals surface area contributed by atoms with Gasteiger partial charge in [-0.15, -0.1) is 0 Å². The number of hydrogen-bond acceptors (Lipinski definition) is 5. The summed E-state index contributed by atoms with van der Waals surface area (Å²) < 4.78 is 45.4. The molecule has 0 radical (unpaired) electrons. The zero-order valence-electron chi connectivity index (χ0n) is 16.5. The van der Waals surface area contributed by atoms with E-state index in [0.29, 0.717) is 0 Å². The van der Waals surface area contributed by atoms with Crippen LogP contribution in [0.15, 0.2) is 59.2 Å². The zero-order valence-corrected chi connectivity index (χ0v) is 18.0. The van der Waals surface area contributed by atoms with Crippen molar-refractivity contribution in [3.05, 3.63) is 76.0 Å². The molecule has 0 atom stereocenters. The number of benzene rings is 2. The van der Waals surface area contributed by atoms with Gasteiger partial charge in [0.05, 0.1) is 11.3 Å². The summed E-state index contributed by atoms with van der Waals surface area (Å²) in [4.78, 5) is 27.4. The van der Waals surface area contributed by atoms with Gasteiger partial charge >= 0.3 is 6.18 Å². The highest BCUT2D eigenvalue weighted by molar-refractivity contribution is 9.10. The maximum atomic E-state index is 13.2. The number of nitrogens with two attached hydrogens (primary N) is 1. The fraction of sp³-hybridized carbons (Fsp3) is 0.0952. The summed E-state index contributed by atoms with van der Waals surface area (Å²) in [6.07, 6.45) is -3.20. The van der Waals surface area contributed by atoms with Gasteiger partial charge in [0.2, 0.25) is 5.91 Å². The maximum absolute atomic E-state index is 13.2. The van der Waals surface area contributed by atoms with E-state index in [1.807, 2.05) is 0 Å². The highest BCUT2D eigenvalue weighted by Crippen LogP contribution is 2.38. The number of amides is 2. The lowest BCUT2D eigenvalue weighted by molar-refractivity contribution is -0.138. The van der Waals surface area contributed by atoms with Crippen molar-refractivity contribution in [2.24, 2.45) is 5.73 Å². The van der Waals surface area contributed by atoms with Gasteiger partial charge in [0.15, 0.2) is 5.75 Å². The molecule has 0 saturated heterocycles. The van der Waals surface area contributed by atoms with Crippen LogP contribution < -0.4 is 21.1 Å². The van der Waals surface area contributed by atoms with Crippen molar-refractivity contribution in [3.63, 3.8) is 0 Å². The molecular weight excluding hydrogens is 493 g/mol. The highest BCUT2D eigenvalue weighted by Gasteiger charge is 2.33. The molecule has 0 aliphatic rings. The van der Waals surface area contributed by atoms with Crippen LogP contribution in [0.2, 0.25) is 0 Å². The van der Waals surface area contributed by atoms with Crippen molar-refractivity contribution in [3.8, 4) is 11.5 Å². The minimum Gasteiger partial charge on any atom is -0.455 e. The summed E-state index contributed by atoms with van der Waals surface area (Å²) in [6, 6.07) is 10.7. The second kappa shape index (κ2) is 9.27. The smallest absolute Gasteiger partial charge is 0.417 e. The quantitative estimate of drug-likeness (QED) is 0.440. The molecule has 0 unspecified atom stereocenters. The monoisotopic (exact) mass is 508 g/mol. The Bertz CT molecular complexity index is 1190. The second-order valence-electron chi connectivity index (χ2n) is 6.45. The van der Waals surface area contributed by atoms with Gasteiger partial charge in [-0.2, -0.15) is 13.2 Å². The molecule has 1 aromatic heterocycles. The number of anilines is 2. The first-order chi connectivity index (χ1) is 15.1. The van der Waals surface area contributed by atoms with Crippen molar-refractivity contribution < 1.29 is 27.5 Å². The molecule has 0 fully saturated rings. The number of halogens is 4. The maximum Gasteiger partial charge on any atom is 0.417 e. The van der Waals surface area contributed by atoms with Gasteiger partial charge < -0.3 is 21.1 Å². The lowest BCUT2D eigenvalue weighted by Crippen LogP contribution is -2.19. The van der Waals surface area contributed by atoms with Crippen LogP contribution in [-0.2, 0) is 6.18 Å². The molecule has 0 aliphatic carbocycles. The summed E-state index contributed by atoms with van der Waals surface area (Å²) in [5.41, 5.74) is 5.10. The Labute approximate surface area is 188 Å². The van der Waals surface area contributed by atoms with Crippen molar-refractivity contribution in [2.75, 3.05) is 12.4 Å². The number of pyridine rings is 1. The van der Waals surface area contributed by atoms with Gasteiger partial charge in [0.1, 0.15) is 11.4 Å². The number of carbonyl (C=O) groups excluding carboxylic acids is 2. The Balaban J connectivity index is 1.99. The van der Waals surface area contributed by atoms with Gasteiger partial charge in [-0.05, 0) is 42.5 Å². The predicted octanol–water partition coefficient (Wildman–Crippen LogP) is 4.86. The van der Waals surface area contributed by atoms with E-state index in [1.165, 1.54) is 55.7 Å². The number of alkyl halides is 3. The van der Waals surface area contributed by atoms with Crippen LogP contribution in [-0.4, -0.2) is 23.8 Å². The van der Waals surface area contributed by atoms with Crippen LogP contribution >= 0.6 is 15.9 Å². The predicted molar refractivity (Wildman–Crippen MR) is 115 cm³/mol. The molecule has 11 heteroatoms. The SMILES string of the molecule is CNC(=O)c1cc(Oc2cc(C(N)=O)ccc2Nc2ccc(Br)c(C(F)(F)F)c2)ccn1. The van der Waals surface area contributed by atoms with Crippen molar-refractivity contribution in [2.45, 2.75) is 6.18 Å². The third kappa shape index (κ3) is 5.35. The van der Waals surface area contributed by atoms with Crippen LogP contribution in [0.5, 0.6) is 11.5 Å². The Kier molecular flexibility index (Phi) is 6.68. The Morgan fingerprint density at radius 3 is 2.50 bits per heavy atom. The van der Waals surface area contributed by atoms with Crippen molar-refractivity contribution in [1.82, 2.24) is 10.3 Å². The Morgan fingerprint density at radius 2 is 1.84 bits per heavy atom. The van der Waals surface area contributed by atoms with Gasteiger partial charge in [0.25, 0.3) is 5.91 Å². The summed E-state index contributed by atoms with van der Waals surface area (Å²) in [7, 11) is 1.45. The largest absolute Gasteiger partial charge is 0.455 e. The highest BCUT2D eigenvalue weighted by atomic mass is 79.9. The van der Waals surface area contributed by atoms with Gasteiger partial charge in [0, 0.05) is 35.0 Å². The number of hydrogen-bond donors (Lipinski definition) is 3. The van der Waals surface area contributed by atoms with Crippen LogP contribution in [0.1, 0.15) is 26.4 Å². The number of aromatic nitrogens is 1. The van der Waals surface area contributed by atoms with Crippen LogP contribution in [0.25, 0.3) is 0 Å². The van der Waals surface area contributed by atoms with Gasteiger partial charge in [-0.3, -0.25) is 14.6 Å². The Hall–Kier alpha value is -3.60. The standard InChI is InChI=1S/C21H16BrF3N4O3/c1-27-20(31)17-10-13(6-7-28-17)32-18-8-11(19(26)30)2-5-16(18)29-12-3-4-15(22)14(9-12)21(23,24)25/h2-10,29H,1H3,(H2,26,30)(H,27,31). The van der Waals surface area contributed by atoms with Gasteiger partial charge in [-0.25, -0.2) is 0 Å². The molecule has 4 N–H and O–H groups in total. The third-order valence-corrected chi connectivity index (χ3v) is 4.93. The Morgan fingerprint density at radius 1 is 1.09 bits per heavy atom. The van der Waals surface area contributed by atoms with E-state index in [-0.39, 0.29) is 38.6 Å². The van der Waals surface area contributed by atoms with Crippen LogP contribution in [0, 0.1) is 0 Å². The number of nitrogens with one attached hydrogen (secondary N) is 2. The zero-order chi connectivity index (χ0) is 23.5. The topological polar surface area (TPSA) is 106 Å². The van der Waals surface area contributed by atoms with E-state index in [1.54, 1.807) is 0 Å². The minimum absolute atomic E-state index is 0.0910. The number of carbonyl (C=O) groups is 2. The number of ether oxygens (including phenoxy) is 1. The second-order valence-corrected chi connectivity index (χ2v) is 7.30. The minimum atomic E-state index is -4.56. The van der Waals surface area contributed by atoms with E-state index < -0.39 is 23.6 Å². The van der Waals surface area contributed by atoms with E-state index in [9.17, 15) is 22.8 Å². The lowest BCUT2D eigenvalue weighted by Gasteiger charge is -2.16. The number of rotatable bonds is 6. The fourth-order valence-electron chi connectivity index (χ4n) is 2.69. The molecule has 0 spiro atoms. The van der Waals surface area contributed by atoms with Crippen molar-refractivity contribution in [1.29, 1.82) is 0 Å². The molecule has 2 aromatic carbocycles. The average molecular weight is 509 g/mol. The molecule has 7 nitrogen and oxygen atoms in total. The lowest BCUT2D eigenvalue weighted by atomic mass is 10.1. The molecule has 3 aromatic rings. The fourth-order valence-corrected chi connectivity index (χ4v) is 3.16. The third-order valence-electron chi connectivity index (χ3n) is 4.24. The molecule has 0 aliphatic heterocycles. The first kappa shape index (κ1) is 23.1. The molecule has 0 bridgehead atoms. The van der Waals surface area contributed by atoms with Crippen LogP contribution in [0.3, 0.4) is 0 Å². The molecule has 3 rings (SSSR count). The van der Waals surface area contributed by atoms with E-state index in [0.717, 1.165) is 6.07 Å². The summed E-state index contributed by atoms with van der Waals surface area (Å²) >= 11 is 2.90. The molecular formula is C21H16BrF3N4O3. The van der Waals surface area contributed by atoms with Gasteiger partial charge in [-0.1, -0.05) is 15.9 Å². The van der Waals surface area contributed by atoms with Crippen molar-refractivity contribution >= 4 is 39.1 Å².